The molecular weight excluding hydrogens is 284 g/mol. The molecule has 2 aromatic rings. The Morgan fingerprint density at radius 2 is 1.64 bits per heavy atom. The van der Waals surface area contributed by atoms with Crippen LogP contribution < -0.4 is 10.6 Å². The van der Waals surface area contributed by atoms with Gasteiger partial charge in [-0.05, 0) is 43.0 Å². The summed E-state index contributed by atoms with van der Waals surface area (Å²) in [6.07, 6.45) is 4.68. The van der Waals surface area contributed by atoms with E-state index in [0.717, 1.165) is 12.8 Å². The molecule has 1 atom stereocenters. The van der Waals surface area contributed by atoms with Crippen molar-refractivity contribution in [2.24, 2.45) is 5.92 Å². The fraction of sp³-hybridized carbons (Fsp3) is 0.375. The van der Waals surface area contributed by atoms with Crippen LogP contribution in [0.25, 0.3) is 0 Å². The predicted molar refractivity (Wildman–Crippen MR) is 80.5 cm³/mol. The first-order chi connectivity index (χ1) is 10.7. The maximum absolute atomic E-state index is 11.7. The van der Waals surface area contributed by atoms with Crippen molar-refractivity contribution in [1.82, 2.24) is 10.6 Å². The van der Waals surface area contributed by atoms with Gasteiger partial charge in [0.2, 0.25) is 0 Å². The van der Waals surface area contributed by atoms with Crippen molar-refractivity contribution in [3.05, 3.63) is 48.3 Å². The monoisotopic (exact) mass is 304 g/mol. The Labute approximate surface area is 128 Å². The molecule has 0 saturated carbocycles. The second kappa shape index (κ2) is 8.07. The molecule has 0 fully saturated rings. The van der Waals surface area contributed by atoms with Gasteiger partial charge in [0.15, 0.2) is 11.5 Å². The summed E-state index contributed by atoms with van der Waals surface area (Å²) in [5.74, 6) is 0.544. The topological polar surface area (TPSA) is 84.5 Å². The fourth-order valence-corrected chi connectivity index (χ4v) is 2.01. The van der Waals surface area contributed by atoms with Crippen molar-refractivity contribution in [3.63, 3.8) is 0 Å². The van der Waals surface area contributed by atoms with E-state index in [1.807, 2.05) is 0 Å². The Balaban J connectivity index is 1.57. The lowest BCUT2D eigenvalue weighted by molar-refractivity contribution is 0.0918. The summed E-state index contributed by atoms with van der Waals surface area (Å²) >= 11 is 0. The Hall–Kier alpha value is -2.50. The molecule has 2 aromatic heterocycles. The van der Waals surface area contributed by atoms with Gasteiger partial charge in [0.1, 0.15) is 0 Å². The van der Waals surface area contributed by atoms with Crippen LogP contribution in [-0.2, 0) is 0 Å². The van der Waals surface area contributed by atoms with E-state index in [0.29, 0.717) is 30.5 Å². The van der Waals surface area contributed by atoms with Crippen LogP contribution in [0.2, 0.25) is 0 Å². The van der Waals surface area contributed by atoms with E-state index in [-0.39, 0.29) is 11.8 Å². The molecule has 0 spiro atoms. The predicted octanol–water partition coefficient (Wildman–Crippen LogP) is 2.45. The molecule has 0 aliphatic carbocycles. The summed E-state index contributed by atoms with van der Waals surface area (Å²) in [5.41, 5.74) is 0. The average Bonchev–Trinajstić information content (AvgIpc) is 3.21. The van der Waals surface area contributed by atoms with E-state index in [1.54, 1.807) is 24.3 Å². The van der Waals surface area contributed by atoms with E-state index in [1.165, 1.54) is 12.5 Å². The first-order valence-electron chi connectivity index (χ1n) is 7.30. The van der Waals surface area contributed by atoms with E-state index < -0.39 is 0 Å². The molecule has 22 heavy (non-hydrogen) atoms. The number of carbonyl (C=O) groups excluding carboxylic acids is 2. The van der Waals surface area contributed by atoms with Gasteiger partial charge in [-0.1, -0.05) is 6.92 Å². The molecule has 1 unspecified atom stereocenters. The molecule has 0 aromatic carbocycles. The highest BCUT2D eigenvalue weighted by molar-refractivity contribution is 5.91. The maximum Gasteiger partial charge on any atom is 0.286 e. The van der Waals surface area contributed by atoms with Crippen LogP contribution in [0.15, 0.2) is 45.6 Å². The van der Waals surface area contributed by atoms with Gasteiger partial charge < -0.3 is 19.5 Å². The second-order valence-electron chi connectivity index (χ2n) is 5.17. The Morgan fingerprint density at radius 1 is 1.05 bits per heavy atom. The van der Waals surface area contributed by atoms with Gasteiger partial charge in [-0.25, -0.2) is 0 Å². The average molecular weight is 304 g/mol. The van der Waals surface area contributed by atoms with E-state index in [2.05, 4.69) is 17.6 Å². The van der Waals surface area contributed by atoms with E-state index in [4.69, 9.17) is 8.83 Å². The lowest BCUT2D eigenvalue weighted by Gasteiger charge is -2.12. The number of furan rings is 2. The first kappa shape index (κ1) is 15.9. The maximum atomic E-state index is 11.7. The quantitative estimate of drug-likeness (QED) is 0.734. The third-order valence-corrected chi connectivity index (χ3v) is 3.26. The van der Waals surface area contributed by atoms with Gasteiger partial charge in [-0.3, -0.25) is 9.59 Å². The number of nitrogens with one attached hydrogen (secondary N) is 2. The number of amides is 2. The zero-order valence-electron chi connectivity index (χ0n) is 12.5. The Bertz CT molecular complexity index is 575. The highest BCUT2D eigenvalue weighted by Gasteiger charge is 2.10. The smallest absolute Gasteiger partial charge is 0.286 e. The standard InChI is InChI=1S/C16H20N2O4/c1-12(11-18-16(20)14-7-4-10-22-14)5-2-8-17-15(19)13-6-3-9-21-13/h3-4,6-7,9-10,12H,2,5,8,11H2,1H3,(H,17,19)(H,18,20). The van der Waals surface area contributed by atoms with Crippen LogP contribution in [0.5, 0.6) is 0 Å². The van der Waals surface area contributed by atoms with Crippen molar-refractivity contribution in [2.75, 3.05) is 13.1 Å². The molecule has 118 valence electrons. The van der Waals surface area contributed by atoms with Crippen molar-refractivity contribution in [3.8, 4) is 0 Å². The van der Waals surface area contributed by atoms with Crippen LogP contribution in [0.4, 0.5) is 0 Å². The Kier molecular flexibility index (Phi) is 5.82. The molecule has 0 radical (unpaired) electrons. The fourth-order valence-electron chi connectivity index (χ4n) is 2.01. The van der Waals surface area contributed by atoms with E-state index >= 15 is 0 Å². The molecule has 2 heterocycles. The van der Waals surface area contributed by atoms with Gasteiger partial charge in [0.25, 0.3) is 11.8 Å². The molecule has 0 aliphatic rings. The minimum Gasteiger partial charge on any atom is -0.459 e. The molecule has 6 nitrogen and oxygen atoms in total. The molecule has 0 bridgehead atoms. The van der Waals surface area contributed by atoms with Crippen molar-refractivity contribution in [1.29, 1.82) is 0 Å². The summed E-state index contributed by atoms with van der Waals surface area (Å²) in [6, 6.07) is 6.62. The largest absolute Gasteiger partial charge is 0.459 e. The number of carbonyl (C=O) groups is 2. The van der Waals surface area contributed by atoms with Gasteiger partial charge >= 0.3 is 0 Å². The molecule has 2 amide bonds. The van der Waals surface area contributed by atoms with Crippen molar-refractivity contribution in [2.45, 2.75) is 19.8 Å². The van der Waals surface area contributed by atoms with Crippen LogP contribution in [-0.4, -0.2) is 24.9 Å². The second-order valence-corrected chi connectivity index (χ2v) is 5.17. The third kappa shape index (κ3) is 4.80. The summed E-state index contributed by atoms with van der Waals surface area (Å²) in [6.45, 7) is 3.21. The normalized spacial score (nSPS) is 11.9. The molecule has 0 saturated heterocycles. The lowest BCUT2D eigenvalue weighted by atomic mass is 10.1. The number of hydrogen-bond acceptors (Lipinski definition) is 4. The van der Waals surface area contributed by atoms with Crippen LogP contribution in [0.1, 0.15) is 40.9 Å². The number of hydrogen-bond donors (Lipinski definition) is 2. The highest BCUT2D eigenvalue weighted by atomic mass is 16.3. The van der Waals surface area contributed by atoms with Crippen LogP contribution >= 0.6 is 0 Å². The zero-order chi connectivity index (χ0) is 15.8. The minimum atomic E-state index is -0.206. The number of rotatable bonds is 8. The van der Waals surface area contributed by atoms with Crippen LogP contribution in [0, 0.1) is 5.92 Å². The van der Waals surface area contributed by atoms with E-state index in [9.17, 15) is 9.59 Å². The summed E-state index contributed by atoms with van der Waals surface area (Å²) < 4.78 is 10.0. The summed E-state index contributed by atoms with van der Waals surface area (Å²) in [4.78, 5) is 23.3. The zero-order valence-corrected chi connectivity index (χ0v) is 12.5. The van der Waals surface area contributed by atoms with Gasteiger partial charge in [-0.15, -0.1) is 0 Å². The minimum absolute atomic E-state index is 0.205. The molecule has 2 N–H and O–H groups in total. The van der Waals surface area contributed by atoms with Crippen LogP contribution in [0.3, 0.4) is 0 Å². The van der Waals surface area contributed by atoms with Gasteiger partial charge in [-0.2, -0.15) is 0 Å². The third-order valence-electron chi connectivity index (χ3n) is 3.26. The van der Waals surface area contributed by atoms with Crippen molar-refractivity contribution >= 4 is 11.8 Å². The Morgan fingerprint density at radius 3 is 2.18 bits per heavy atom. The van der Waals surface area contributed by atoms with Gasteiger partial charge in [0.05, 0.1) is 12.5 Å². The SMILES string of the molecule is CC(CCCNC(=O)c1ccco1)CNC(=O)c1ccco1. The highest BCUT2D eigenvalue weighted by Crippen LogP contribution is 2.05. The first-order valence-corrected chi connectivity index (χ1v) is 7.30. The molecule has 6 heteroatoms. The molecule has 2 rings (SSSR count). The summed E-state index contributed by atoms with van der Waals surface area (Å²) in [7, 11) is 0. The van der Waals surface area contributed by atoms with Gasteiger partial charge in [0, 0.05) is 13.1 Å². The molecule has 0 aliphatic heterocycles. The lowest BCUT2D eigenvalue weighted by Crippen LogP contribution is -2.29. The summed E-state index contributed by atoms with van der Waals surface area (Å²) in [5, 5.41) is 5.61. The van der Waals surface area contributed by atoms with Crippen molar-refractivity contribution < 1.29 is 18.4 Å². The molecular formula is C16H20N2O4.